The normalized spacial score (nSPS) is 19.6. The molecule has 7 nitrogen and oxygen atoms in total. The smallest absolute Gasteiger partial charge is 0.410 e. The van der Waals surface area contributed by atoms with Gasteiger partial charge in [0.05, 0.1) is 32.4 Å². The Balaban J connectivity index is 1.52. The number of nitrogens with zero attached hydrogens (tertiary/aromatic N) is 1. The van der Waals surface area contributed by atoms with Crippen LogP contribution in [0.25, 0.3) is 11.1 Å². The van der Waals surface area contributed by atoms with E-state index in [-0.39, 0.29) is 43.4 Å². The van der Waals surface area contributed by atoms with Gasteiger partial charge in [-0.2, -0.15) is 0 Å². The van der Waals surface area contributed by atoms with Gasteiger partial charge in [-0.3, -0.25) is 4.90 Å². The van der Waals surface area contributed by atoms with E-state index in [0.29, 0.717) is 6.61 Å². The van der Waals surface area contributed by atoms with Crippen LogP contribution in [0.15, 0.2) is 48.5 Å². The number of carbonyl (C=O) groups excluding carboxylic acids is 1. The fourth-order valence-corrected chi connectivity index (χ4v) is 5.93. The highest BCUT2D eigenvalue weighted by atomic mass is 28.4. The fraction of sp³-hybridized carbons (Fsp3) is 0.567. The molecule has 0 spiro atoms. The molecule has 4 rings (SSSR count). The van der Waals surface area contributed by atoms with E-state index >= 15 is 0 Å². The maximum absolute atomic E-state index is 13.6. The summed E-state index contributed by atoms with van der Waals surface area (Å²) in [5.41, 5.74) is 4.66. The van der Waals surface area contributed by atoms with Gasteiger partial charge in [0.2, 0.25) is 0 Å². The monoisotopic (exact) mass is 541 g/mol. The van der Waals surface area contributed by atoms with E-state index in [1.807, 2.05) is 38.1 Å². The molecule has 0 unspecified atom stereocenters. The summed E-state index contributed by atoms with van der Waals surface area (Å²) in [5, 5.41) is 10.4. The van der Waals surface area contributed by atoms with E-state index in [0.717, 1.165) is 11.1 Å². The van der Waals surface area contributed by atoms with Gasteiger partial charge in [-0.1, -0.05) is 69.3 Å². The van der Waals surface area contributed by atoms with Crippen LogP contribution in [-0.4, -0.2) is 75.3 Å². The molecule has 1 N–H and O–H groups in total. The molecule has 0 aromatic heterocycles. The highest BCUT2D eigenvalue weighted by molar-refractivity contribution is 6.74. The first kappa shape index (κ1) is 28.8. The Morgan fingerprint density at radius 3 is 2.18 bits per heavy atom. The number of hydrogen-bond donors (Lipinski definition) is 1. The number of fused-ring (bicyclic) bond motifs is 3. The lowest BCUT2D eigenvalue weighted by molar-refractivity contribution is -0.141. The zero-order valence-corrected chi connectivity index (χ0v) is 24.8. The summed E-state index contributed by atoms with van der Waals surface area (Å²) in [6, 6.07) is 16.0. The molecule has 1 aliphatic heterocycles. The molecule has 0 bridgehead atoms. The summed E-state index contributed by atoms with van der Waals surface area (Å²) < 4.78 is 24.1. The van der Waals surface area contributed by atoms with Gasteiger partial charge in [0.1, 0.15) is 12.7 Å². The molecular formula is C30H43NO6Si. The Hall–Kier alpha value is -2.23. The average Bonchev–Trinajstić information content (AvgIpc) is 3.37. The Kier molecular flexibility index (Phi) is 8.40. The zero-order valence-electron chi connectivity index (χ0n) is 23.8. The van der Waals surface area contributed by atoms with Crippen LogP contribution in [0.5, 0.6) is 0 Å². The summed E-state index contributed by atoms with van der Waals surface area (Å²) in [7, 11) is -2.10. The number of rotatable bonds is 9. The largest absolute Gasteiger partial charge is 0.448 e. The number of ether oxygens (including phenoxy) is 3. The summed E-state index contributed by atoms with van der Waals surface area (Å²) >= 11 is 0. The van der Waals surface area contributed by atoms with Crippen molar-refractivity contribution in [1.29, 1.82) is 0 Å². The second kappa shape index (κ2) is 11.1. The van der Waals surface area contributed by atoms with Gasteiger partial charge in [0.25, 0.3) is 0 Å². The minimum absolute atomic E-state index is 0.00796. The van der Waals surface area contributed by atoms with Crippen LogP contribution in [0.3, 0.4) is 0 Å². The minimum atomic E-state index is -2.10. The van der Waals surface area contributed by atoms with Gasteiger partial charge in [-0.15, -0.1) is 0 Å². The van der Waals surface area contributed by atoms with E-state index in [2.05, 4.69) is 58.1 Å². The van der Waals surface area contributed by atoms with Crippen LogP contribution in [0.2, 0.25) is 18.1 Å². The molecule has 208 valence electrons. The van der Waals surface area contributed by atoms with Gasteiger partial charge in [0, 0.05) is 5.92 Å². The lowest BCUT2D eigenvalue weighted by Gasteiger charge is -2.39. The molecular weight excluding hydrogens is 498 g/mol. The fourth-order valence-electron chi connectivity index (χ4n) is 4.88. The molecule has 2 atom stereocenters. The first-order valence-electron chi connectivity index (χ1n) is 13.5. The van der Waals surface area contributed by atoms with Crippen molar-refractivity contribution in [2.24, 2.45) is 0 Å². The van der Waals surface area contributed by atoms with Crippen molar-refractivity contribution in [1.82, 2.24) is 4.90 Å². The number of benzene rings is 2. The van der Waals surface area contributed by atoms with Gasteiger partial charge in [-0.25, -0.2) is 4.79 Å². The Labute approximate surface area is 228 Å². The van der Waals surface area contributed by atoms with Crippen molar-refractivity contribution in [3.63, 3.8) is 0 Å². The highest BCUT2D eigenvalue weighted by Gasteiger charge is 2.40. The minimum Gasteiger partial charge on any atom is -0.448 e. The van der Waals surface area contributed by atoms with Crippen LogP contribution >= 0.6 is 0 Å². The average molecular weight is 542 g/mol. The zero-order chi connectivity index (χ0) is 27.7. The Morgan fingerprint density at radius 1 is 1.11 bits per heavy atom. The molecule has 1 heterocycles. The van der Waals surface area contributed by atoms with Crippen molar-refractivity contribution in [2.45, 2.75) is 76.6 Å². The molecule has 8 heteroatoms. The third-order valence-electron chi connectivity index (χ3n) is 8.13. The van der Waals surface area contributed by atoms with Gasteiger partial charge in [0.15, 0.2) is 14.1 Å². The van der Waals surface area contributed by atoms with Gasteiger partial charge >= 0.3 is 6.09 Å². The molecule has 2 aromatic rings. The van der Waals surface area contributed by atoms with E-state index in [1.54, 1.807) is 4.90 Å². The van der Waals surface area contributed by atoms with E-state index in [1.165, 1.54) is 11.1 Å². The summed E-state index contributed by atoms with van der Waals surface area (Å²) in [6.45, 7) is 15.3. The summed E-state index contributed by atoms with van der Waals surface area (Å²) in [4.78, 5) is 15.2. The van der Waals surface area contributed by atoms with Crippen LogP contribution in [-0.2, 0) is 18.6 Å². The lowest BCUT2D eigenvalue weighted by Crippen LogP contribution is -2.52. The van der Waals surface area contributed by atoms with Crippen LogP contribution in [0, 0.1) is 0 Å². The standard InChI is InChI=1S/C30H43NO6Si/c1-29(2,3)38(6,7)36-18-21(17-32)31(16-22-19-35-30(4,5)37-22)28(33)34-20-27-25-14-10-8-12-23(25)24-13-9-11-15-26(24)27/h8-15,21-22,27,32H,16-20H2,1-7H3/t21-,22-/m0/s1. The van der Waals surface area contributed by atoms with Crippen molar-refractivity contribution in [3.05, 3.63) is 59.7 Å². The summed E-state index contributed by atoms with van der Waals surface area (Å²) in [5.74, 6) is -0.765. The molecule has 1 saturated heterocycles. The molecule has 1 aliphatic carbocycles. The summed E-state index contributed by atoms with van der Waals surface area (Å²) in [6.07, 6.45) is -0.814. The molecule has 1 fully saturated rings. The molecule has 1 amide bonds. The first-order valence-corrected chi connectivity index (χ1v) is 16.4. The van der Waals surface area contributed by atoms with E-state index in [4.69, 9.17) is 18.6 Å². The maximum atomic E-state index is 13.6. The molecule has 0 saturated carbocycles. The van der Waals surface area contributed by atoms with Crippen LogP contribution in [0.4, 0.5) is 4.79 Å². The second-order valence-electron chi connectivity index (χ2n) is 12.3. The number of amides is 1. The third kappa shape index (κ3) is 6.15. The van der Waals surface area contributed by atoms with Gasteiger partial charge < -0.3 is 23.7 Å². The van der Waals surface area contributed by atoms with E-state index in [9.17, 15) is 9.90 Å². The quantitative estimate of drug-likeness (QED) is 0.406. The predicted octanol–water partition coefficient (Wildman–Crippen LogP) is 5.77. The topological polar surface area (TPSA) is 77.5 Å². The lowest BCUT2D eigenvalue weighted by atomic mass is 9.98. The predicted molar refractivity (Wildman–Crippen MR) is 151 cm³/mol. The van der Waals surface area contributed by atoms with Crippen LogP contribution in [0.1, 0.15) is 51.7 Å². The van der Waals surface area contributed by atoms with E-state index < -0.39 is 26.2 Å². The Morgan fingerprint density at radius 2 is 1.68 bits per heavy atom. The number of hydrogen-bond acceptors (Lipinski definition) is 6. The molecule has 0 radical (unpaired) electrons. The number of aliphatic hydroxyl groups excluding tert-OH is 1. The molecule has 2 aliphatic rings. The SMILES string of the molecule is CC1(C)OC[C@H](CN(C(=O)OCC2c3ccccc3-c3ccccc32)[C@@H](CO)CO[Si](C)(C)C(C)(C)C)O1. The van der Waals surface area contributed by atoms with Gasteiger partial charge in [-0.05, 0) is 54.2 Å². The Bertz CT molecular complexity index is 1080. The highest BCUT2D eigenvalue weighted by Crippen LogP contribution is 2.44. The molecule has 38 heavy (non-hydrogen) atoms. The molecule has 2 aromatic carbocycles. The number of carbonyl (C=O) groups is 1. The third-order valence-corrected chi connectivity index (χ3v) is 12.6. The second-order valence-corrected chi connectivity index (χ2v) is 17.1. The van der Waals surface area contributed by atoms with Crippen molar-refractivity contribution in [3.8, 4) is 11.1 Å². The number of aliphatic hydroxyl groups is 1. The van der Waals surface area contributed by atoms with Crippen molar-refractivity contribution >= 4 is 14.4 Å². The van der Waals surface area contributed by atoms with Crippen molar-refractivity contribution in [2.75, 3.05) is 33.0 Å². The van der Waals surface area contributed by atoms with Crippen LogP contribution < -0.4 is 0 Å². The van der Waals surface area contributed by atoms with Crippen molar-refractivity contribution < 1.29 is 28.5 Å². The maximum Gasteiger partial charge on any atom is 0.410 e. The first-order chi connectivity index (χ1) is 17.8.